The Morgan fingerprint density at radius 3 is 2.48 bits per heavy atom. The summed E-state index contributed by atoms with van der Waals surface area (Å²) in [5, 5.41) is 8.25. The molecule has 138 valence electrons. The summed E-state index contributed by atoms with van der Waals surface area (Å²) in [6, 6.07) is 0.446. The topological polar surface area (TPSA) is 50.4 Å². The Balaban J connectivity index is 1.74. The second kappa shape index (κ2) is 8.99. The summed E-state index contributed by atoms with van der Waals surface area (Å²) in [5.74, 6) is -0.251. The molecule has 1 fully saturated rings. The highest BCUT2D eigenvalue weighted by molar-refractivity contribution is 7.80. The van der Waals surface area contributed by atoms with Crippen LogP contribution in [0.4, 0.5) is 5.00 Å². The van der Waals surface area contributed by atoms with Crippen molar-refractivity contribution in [1.29, 1.82) is 0 Å². The van der Waals surface area contributed by atoms with Gasteiger partial charge in [-0.25, -0.2) is 4.79 Å². The Labute approximate surface area is 159 Å². The highest BCUT2D eigenvalue weighted by atomic mass is 32.1. The molecule has 1 aromatic rings. The van der Waals surface area contributed by atoms with E-state index in [4.69, 9.17) is 17.0 Å². The number of anilines is 1. The van der Waals surface area contributed by atoms with Crippen molar-refractivity contribution in [3.8, 4) is 0 Å². The molecule has 1 aromatic heterocycles. The van der Waals surface area contributed by atoms with Gasteiger partial charge >= 0.3 is 5.97 Å². The number of carbonyl (C=O) groups is 1. The van der Waals surface area contributed by atoms with Crippen molar-refractivity contribution < 1.29 is 9.53 Å². The average molecular weight is 381 g/mol. The van der Waals surface area contributed by atoms with Crippen molar-refractivity contribution >= 4 is 39.6 Å². The van der Waals surface area contributed by atoms with E-state index in [1.165, 1.54) is 68.9 Å². The van der Waals surface area contributed by atoms with E-state index in [-0.39, 0.29) is 5.97 Å². The molecule has 0 spiro atoms. The molecule has 0 unspecified atom stereocenters. The minimum absolute atomic E-state index is 0.251. The molecule has 0 radical (unpaired) electrons. The Hall–Kier alpha value is -1.14. The molecule has 2 aliphatic carbocycles. The number of hydrogen-bond acceptors (Lipinski definition) is 4. The quantitative estimate of drug-likeness (QED) is 0.341. The van der Waals surface area contributed by atoms with Gasteiger partial charge in [-0.2, -0.15) is 0 Å². The van der Waals surface area contributed by atoms with Gasteiger partial charge in [0.25, 0.3) is 0 Å². The van der Waals surface area contributed by atoms with Crippen LogP contribution in [0.1, 0.15) is 78.6 Å². The molecule has 2 aliphatic rings. The molecule has 0 saturated heterocycles. The molecule has 1 saturated carbocycles. The third-order valence-corrected chi connectivity index (χ3v) is 6.66. The van der Waals surface area contributed by atoms with Gasteiger partial charge in [-0.1, -0.05) is 32.1 Å². The number of carbonyl (C=O) groups excluding carboxylic acids is 1. The SMILES string of the molecule is COC(=O)c1c(NC(=S)NC2CCCCCC2)sc2c1CCCCC2. The first-order chi connectivity index (χ1) is 12.2. The van der Waals surface area contributed by atoms with Crippen molar-refractivity contribution in [3.05, 3.63) is 16.0 Å². The van der Waals surface area contributed by atoms with Crippen LogP contribution >= 0.6 is 23.6 Å². The summed E-state index contributed by atoms with van der Waals surface area (Å²) in [5.41, 5.74) is 1.88. The molecule has 0 aromatic carbocycles. The molecular weight excluding hydrogens is 352 g/mol. The van der Waals surface area contributed by atoms with E-state index in [1.54, 1.807) is 11.3 Å². The number of thiophene rings is 1. The molecule has 3 rings (SSSR count). The standard InChI is InChI=1S/C19H28N2O2S2/c1-23-18(22)16-14-11-7-4-8-12-15(14)25-17(16)21-19(24)20-13-9-5-2-3-6-10-13/h13H,2-12H2,1H3,(H2,20,21,24). The predicted octanol–water partition coefficient (Wildman–Crippen LogP) is 4.81. The van der Waals surface area contributed by atoms with Crippen LogP contribution in [0.5, 0.6) is 0 Å². The van der Waals surface area contributed by atoms with E-state index in [1.807, 2.05) is 0 Å². The lowest BCUT2D eigenvalue weighted by Gasteiger charge is -2.19. The van der Waals surface area contributed by atoms with Gasteiger partial charge in [-0.15, -0.1) is 11.3 Å². The lowest BCUT2D eigenvalue weighted by Crippen LogP contribution is -2.37. The van der Waals surface area contributed by atoms with Crippen molar-refractivity contribution in [2.75, 3.05) is 12.4 Å². The zero-order valence-corrected chi connectivity index (χ0v) is 16.6. The number of thiocarbonyl (C=S) groups is 1. The fraction of sp³-hybridized carbons (Fsp3) is 0.684. The van der Waals surface area contributed by atoms with Crippen LogP contribution in [0.2, 0.25) is 0 Å². The zero-order chi connectivity index (χ0) is 17.6. The van der Waals surface area contributed by atoms with Crippen LogP contribution in [0, 0.1) is 0 Å². The number of hydrogen-bond donors (Lipinski definition) is 2. The van der Waals surface area contributed by atoms with Gasteiger partial charge in [0.2, 0.25) is 0 Å². The van der Waals surface area contributed by atoms with Gasteiger partial charge in [-0.05, 0) is 56.3 Å². The highest BCUT2D eigenvalue weighted by Gasteiger charge is 2.26. The van der Waals surface area contributed by atoms with Gasteiger partial charge in [0.15, 0.2) is 5.11 Å². The minimum atomic E-state index is -0.251. The fourth-order valence-corrected chi connectivity index (χ4v) is 5.51. The van der Waals surface area contributed by atoms with Gasteiger partial charge in [-0.3, -0.25) is 0 Å². The van der Waals surface area contributed by atoms with Crippen LogP contribution < -0.4 is 10.6 Å². The second-order valence-corrected chi connectivity index (χ2v) is 8.56. The largest absolute Gasteiger partial charge is 0.465 e. The van der Waals surface area contributed by atoms with Gasteiger partial charge in [0, 0.05) is 10.9 Å². The van der Waals surface area contributed by atoms with Crippen molar-refractivity contribution in [1.82, 2.24) is 5.32 Å². The van der Waals surface area contributed by atoms with E-state index in [0.717, 1.165) is 24.3 Å². The maximum Gasteiger partial charge on any atom is 0.341 e. The lowest BCUT2D eigenvalue weighted by molar-refractivity contribution is 0.0601. The first kappa shape index (κ1) is 18.6. The number of methoxy groups -OCH3 is 1. The smallest absolute Gasteiger partial charge is 0.341 e. The number of aryl methyl sites for hydroxylation is 1. The summed E-state index contributed by atoms with van der Waals surface area (Å²) in [7, 11) is 1.45. The maximum atomic E-state index is 12.4. The number of esters is 1. The van der Waals surface area contributed by atoms with Crippen LogP contribution in [-0.2, 0) is 17.6 Å². The predicted molar refractivity (Wildman–Crippen MR) is 108 cm³/mol. The molecule has 0 bridgehead atoms. The molecule has 1 heterocycles. The summed E-state index contributed by atoms with van der Waals surface area (Å²) in [4.78, 5) is 13.7. The normalized spacial score (nSPS) is 18.6. The Morgan fingerprint density at radius 1 is 1.08 bits per heavy atom. The molecular formula is C19H28N2O2S2. The first-order valence-electron chi connectivity index (χ1n) is 9.49. The van der Waals surface area contributed by atoms with Crippen LogP contribution in [0.3, 0.4) is 0 Å². The van der Waals surface area contributed by atoms with Crippen LogP contribution in [-0.4, -0.2) is 24.2 Å². The third kappa shape index (κ3) is 4.73. The monoisotopic (exact) mass is 380 g/mol. The molecule has 2 N–H and O–H groups in total. The van der Waals surface area contributed by atoms with Crippen LogP contribution in [0.25, 0.3) is 0 Å². The van der Waals surface area contributed by atoms with Gasteiger partial charge in [0.05, 0.1) is 12.7 Å². The molecule has 25 heavy (non-hydrogen) atoms. The number of rotatable bonds is 3. The Morgan fingerprint density at radius 2 is 1.76 bits per heavy atom. The van der Waals surface area contributed by atoms with Crippen LogP contribution in [0.15, 0.2) is 0 Å². The average Bonchev–Trinajstić information content (AvgIpc) is 2.82. The third-order valence-electron chi connectivity index (χ3n) is 5.23. The Kier molecular flexibility index (Phi) is 6.70. The second-order valence-electron chi connectivity index (χ2n) is 7.05. The molecule has 0 aliphatic heterocycles. The number of ether oxygens (including phenoxy) is 1. The van der Waals surface area contributed by atoms with Gasteiger partial charge in [0.1, 0.15) is 5.00 Å². The lowest BCUT2D eigenvalue weighted by atomic mass is 10.1. The minimum Gasteiger partial charge on any atom is -0.465 e. The number of nitrogens with one attached hydrogen (secondary N) is 2. The summed E-state index contributed by atoms with van der Waals surface area (Å²) < 4.78 is 5.05. The maximum absolute atomic E-state index is 12.4. The Bertz CT molecular complexity index is 619. The zero-order valence-electron chi connectivity index (χ0n) is 15.0. The number of fused-ring (bicyclic) bond motifs is 1. The van der Waals surface area contributed by atoms with E-state index in [9.17, 15) is 4.79 Å². The molecule has 6 heteroatoms. The highest BCUT2D eigenvalue weighted by Crippen LogP contribution is 2.38. The first-order valence-corrected chi connectivity index (χ1v) is 10.7. The summed E-state index contributed by atoms with van der Waals surface area (Å²) in [6.45, 7) is 0. The van der Waals surface area contributed by atoms with E-state index >= 15 is 0 Å². The summed E-state index contributed by atoms with van der Waals surface area (Å²) >= 11 is 7.22. The fourth-order valence-electron chi connectivity index (χ4n) is 3.90. The van der Waals surface area contributed by atoms with E-state index in [0.29, 0.717) is 16.7 Å². The van der Waals surface area contributed by atoms with Crippen molar-refractivity contribution in [2.45, 2.75) is 76.7 Å². The van der Waals surface area contributed by atoms with E-state index in [2.05, 4.69) is 10.6 Å². The van der Waals surface area contributed by atoms with Crippen molar-refractivity contribution in [3.63, 3.8) is 0 Å². The van der Waals surface area contributed by atoms with Crippen molar-refractivity contribution in [2.24, 2.45) is 0 Å². The molecule has 4 nitrogen and oxygen atoms in total. The molecule has 0 amide bonds. The summed E-state index contributed by atoms with van der Waals surface area (Å²) in [6.07, 6.45) is 13.1. The van der Waals surface area contributed by atoms with E-state index < -0.39 is 0 Å². The van der Waals surface area contributed by atoms with Gasteiger partial charge < -0.3 is 15.4 Å². The molecule has 0 atom stereocenters.